The molecule has 0 spiro atoms. The lowest BCUT2D eigenvalue weighted by Gasteiger charge is -2.44. The van der Waals surface area contributed by atoms with E-state index in [1.165, 1.54) is 0 Å². The van der Waals surface area contributed by atoms with Crippen LogP contribution in [-0.2, 0) is 9.59 Å². The number of carbonyl (C=O) groups excluding carboxylic acids is 2. The Morgan fingerprint density at radius 1 is 0.778 bits per heavy atom. The van der Waals surface area contributed by atoms with Gasteiger partial charge in [0.2, 0.25) is 11.8 Å². The lowest BCUT2D eigenvalue weighted by Crippen LogP contribution is -2.64. The highest BCUT2D eigenvalue weighted by molar-refractivity contribution is 5.97. The fourth-order valence-electron chi connectivity index (χ4n) is 2.81. The average Bonchev–Trinajstić information content (AvgIpc) is 2.36. The molecule has 0 N–H and O–H groups in total. The van der Waals surface area contributed by atoms with Crippen molar-refractivity contribution in [1.82, 2.24) is 9.80 Å². The van der Waals surface area contributed by atoms with Crippen LogP contribution in [0.1, 0.15) is 53.4 Å². The van der Waals surface area contributed by atoms with E-state index in [1.54, 1.807) is 9.80 Å². The first-order chi connectivity index (χ1) is 8.62. The fraction of sp³-hybridized carbons (Fsp3) is 0.857. The highest BCUT2D eigenvalue weighted by Gasteiger charge is 2.43. The van der Waals surface area contributed by atoms with E-state index in [-0.39, 0.29) is 23.9 Å². The molecule has 1 aliphatic heterocycles. The van der Waals surface area contributed by atoms with Crippen LogP contribution >= 0.6 is 0 Å². The van der Waals surface area contributed by atoms with Crippen molar-refractivity contribution >= 4 is 11.8 Å². The molecule has 0 bridgehead atoms. The van der Waals surface area contributed by atoms with E-state index in [1.807, 2.05) is 13.8 Å². The molecule has 0 aromatic rings. The number of carbonyl (C=O) groups is 2. The zero-order valence-electron chi connectivity index (χ0n) is 12.1. The number of amides is 2. The topological polar surface area (TPSA) is 40.6 Å². The minimum atomic E-state index is -0.236. The molecule has 1 rings (SSSR count). The van der Waals surface area contributed by atoms with E-state index >= 15 is 0 Å². The molecule has 2 amide bonds. The Balaban J connectivity index is 3.00. The lowest BCUT2D eigenvalue weighted by atomic mass is 9.98. The van der Waals surface area contributed by atoms with Gasteiger partial charge in [-0.3, -0.25) is 9.59 Å². The fourth-order valence-corrected chi connectivity index (χ4v) is 2.81. The van der Waals surface area contributed by atoms with Crippen molar-refractivity contribution in [2.24, 2.45) is 0 Å². The van der Waals surface area contributed by atoms with Crippen LogP contribution in [0.4, 0.5) is 0 Å². The molecule has 1 heterocycles. The molecule has 0 radical (unpaired) electrons. The van der Waals surface area contributed by atoms with Gasteiger partial charge in [0.15, 0.2) is 0 Å². The molecular formula is C14H26N2O2. The monoisotopic (exact) mass is 254 g/mol. The smallest absolute Gasteiger partial charge is 0.246 e. The Morgan fingerprint density at radius 3 is 1.33 bits per heavy atom. The quantitative estimate of drug-likeness (QED) is 0.727. The van der Waals surface area contributed by atoms with E-state index in [2.05, 4.69) is 13.8 Å². The minimum Gasteiger partial charge on any atom is -0.329 e. The Kier molecular flexibility index (Phi) is 5.63. The van der Waals surface area contributed by atoms with Crippen molar-refractivity contribution < 1.29 is 9.59 Å². The van der Waals surface area contributed by atoms with E-state index in [0.29, 0.717) is 13.1 Å². The molecule has 18 heavy (non-hydrogen) atoms. The molecule has 4 heteroatoms. The summed E-state index contributed by atoms with van der Waals surface area (Å²) in [6, 6.07) is -0.471. The molecule has 0 aromatic heterocycles. The maximum Gasteiger partial charge on any atom is 0.246 e. The number of rotatable bonds is 6. The second-order valence-electron chi connectivity index (χ2n) is 4.86. The summed E-state index contributed by atoms with van der Waals surface area (Å²) in [7, 11) is 0. The highest BCUT2D eigenvalue weighted by Crippen LogP contribution is 2.23. The van der Waals surface area contributed by atoms with Gasteiger partial charge in [-0.05, 0) is 26.7 Å². The molecule has 0 saturated carbocycles. The summed E-state index contributed by atoms with van der Waals surface area (Å²) in [4.78, 5) is 28.5. The molecule has 104 valence electrons. The second-order valence-corrected chi connectivity index (χ2v) is 4.86. The van der Waals surface area contributed by atoms with Crippen LogP contribution in [0.25, 0.3) is 0 Å². The SMILES string of the molecule is CCCC1C(=O)N(CC)C(CCC)C(=O)N1CC. The lowest BCUT2D eigenvalue weighted by molar-refractivity contribution is -0.162. The average molecular weight is 254 g/mol. The summed E-state index contributed by atoms with van der Waals surface area (Å²) < 4.78 is 0. The van der Waals surface area contributed by atoms with Crippen LogP contribution in [0.3, 0.4) is 0 Å². The zero-order chi connectivity index (χ0) is 13.7. The first-order valence-electron chi connectivity index (χ1n) is 7.23. The van der Waals surface area contributed by atoms with Gasteiger partial charge in [-0.15, -0.1) is 0 Å². The summed E-state index contributed by atoms with van der Waals surface area (Å²) in [6.45, 7) is 9.29. The Hall–Kier alpha value is -1.06. The molecule has 0 aromatic carbocycles. The number of piperazine rings is 1. The maximum absolute atomic E-state index is 12.5. The van der Waals surface area contributed by atoms with Crippen molar-refractivity contribution in [3.63, 3.8) is 0 Å². The van der Waals surface area contributed by atoms with Crippen molar-refractivity contribution in [2.75, 3.05) is 13.1 Å². The standard InChI is InChI=1S/C14H26N2O2/c1-5-9-11-13(17)16(8-4)12(10-6-2)14(18)15(11)7-3/h11-12H,5-10H2,1-4H3. The summed E-state index contributed by atoms with van der Waals surface area (Å²) in [6.07, 6.45) is 3.40. The van der Waals surface area contributed by atoms with E-state index in [9.17, 15) is 9.59 Å². The number of likely N-dealkylation sites (N-methyl/N-ethyl adjacent to an activating group) is 2. The van der Waals surface area contributed by atoms with Crippen LogP contribution < -0.4 is 0 Å². The molecule has 1 saturated heterocycles. The van der Waals surface area contributed by atoms with Crippen molar-refractivity contribution in [1.29, 1.82) is 0 Å². The third kappa shape index (κ3) is 2.68. The predicted molar refractivity (Wildman–Crippen MR) is 72.2 cm³/mol. The number of hydrogen-bond donors (Lipinski definition) is 0. The van der Waals surface area contributed by atoms with E-state index < -0.39 is 0 Å². The highest BCUT2D eigenvalue weighted by atomic mass is 16.2. The number of nitrogens with zero attached hydrogens (tertiary/aromatic N) is 2. The second kappa shape index (κ2) is 6.76. The Morgan fingerprint density at radius 2 is 1.11 bits per heavy atom. The molecule has 4 nitrogen and oxygen atoms in total. The summed E-state index contributed by atoms with van der Waals surface area (Å²) in [5.41, 5.74) is 0. The predicted octanol–water partition coefficient (Wildman–Crippen LogP) is 2.03. The minimum absolute atomic E-state index is 0.138. The van der Waals surface area contributed by atoms with Crippen LogP contribution in [0, 0.1) is 0 Å². The normalized spacial score (nSPS) is 24.9. The van der Waals surface area contributed by atoms with Crippen molar-refractivity contribution in [3.05, 3.63) is 0 Å². The molecule has 2 atom stereocenters. The molecule has 1 aliphatic rings. The first-order valence-corrected chi connectivity index (χ1v) is 7.23. The molecule has 0 aliphatic carbocycles. The largest absolute Gasteiger partial charge is 0.329 e. The van der Waals surface area contributed by atoms with Gasteiger partial charge in [-0.1, -0.05) is 26.7 Å². The van der Waals surface area contributed by atoms with Gasteiger partial charge in [0.1, 0.15) is 12.1 Å². The molecule has 1 fully saturated rings. The van der Waals surface area contributed by atoms with Crippen LogP contribution in [0.2, 0.25) is 0 Å². The summed E-state index contributed by atoms with van der Waals surface area (Å²) in [5.74, 6) is 0.276. The molecular weight excluding hydrogens is 228 g/mol. The Labute approximate surface area is 110 Å². The third-order valence-electron chi connectivity index (χ3n) is 3.69. The van der Waals surface area contributed by atoms with Crippen LogP contribution in [0.15, 0.2) is 0 Å². The van der Waals surface area contributed by atoms with Crippen molar-refractivity contribution in [3.8, 4) is 0 Å². The third-order valence-corrected chi connectivity index (χ3v) is 3.69. The molecule has 2 unspecified atom stereocenters. The van der Waals surface area contributed by atoms with Gasteiger partial charge in [-0.2, -0.15) is 0 Å². The maximum atomic E-state index is 12.5. The van der Waals surface area contributed by atoms with Crippen LogP contribution in [0.5, 0.6) is 0 Å². The van der Waals surface area contributed by atoms with Gasteiger partial charge in [0.25, 0.3) is 0 Å². The van der Waals surface area contributed by atoms with E-state index in [0.717, 1.165) is 25.7 Å². The zero-order valence-corrected chi connectivity index (χ0v) is 12.1. The van der Waals surface area contributed by atoms with E-state index in [4.69, 9.17) is 0 Å². The number of hydrogen-bond acceptors (Lipinski definition) is 2. The Bertz CT molecular complexity index is 274. The van der Waals surface area contributed by atoms with Gasteiger partial charge >= 0.3 is 0 Å². The van der Waals surface area contributed by atoms with Gasteiger partial charge in [-0.25, -0.2) is 0 Å². The van der Waals surface area contributed by atoms with Gasteiger partial charge in [0, 0.05) is 13.1 Å². The van der Waals surface area contributed by atoms with Crippen LogP contribution in [-0.4, -0.2) is 46.8 Å². The summed E-state index contributed by atoms with van der Waals surface area (Å²) >= 11 is 0. The first kappa shape index (κ1) is 15.0. The van der Waals surface area contributed by atoms with Gasteiger partial charge < -0.3 is 9.80 Å². The van der Waals surface area contributed by atoms with Gasteiger partial charge in [0.05, 0.1) is 0 Å². The van der Waals surface area contributed by atoms with Crippen molar-refractivity contribution in [2.45, 2.75) is 65.5 Å². The summed E-state index contributed by atoms with van der Waals surface area (Å²) in [5, 5.41) is 0.